The zero-order valence-corrected chi connectivity index (χ0v) is 12.2. The summed E-state index contributed by atoms with van der Waals surface area (Å²) in [5.74, 6) is -0.518. The molecule has 0 amide bonds. The fourth-order valence-corrected chi connectivity index (χ4v) is 2.72. The standard InChI is InChI=1S/C9H10ClFINO2S/c1-16(14,15)3-2-13-9-7(11)4-6(10)5-8(9)12/h4-5,13H,2-3H2,1H3. The van der Waals surface area contributed by atoms with E-state index in [0.29, 0.717) is 8.59 Å². The molecule has 7 heteroatoms. The average molecular weight is 378 g/mol. The van der Waals surface area contributed by atoms with E-state index >= 15 is 0 Å². The van der Waals surface area contributed by atoms with Crippen molar-refractivity contribution < 1.29 is 12.8 Å². The highest BCUT2D eigenvalue weighted by Gasteiger charge is 2.09. The van der Waals surface area contributed by atoms with Crippen molar-refractivity contribution in [2.24, 2.45) is 0 Å². The van der Waals surface area contributed by atoms with Crippen LogP contribution in [0.1, 0.15) is 0 Å². The van der Waals surface area contributed by atoms with E-state index in [2.05, 4.69) is 5.32 Å². The van der Waals surface area contributed by atoms with E-state index in [1.54, 1.807) is 6.07 Å². The number of anilines is 1. The fourth-order valence-electron chi connectivity index (χ4n) is 1.07. The number of nitrogens with one attached hydrogen (secondary N) is 1. The zero-order valence-electron chi connectivity index (χ0n) is 8.43. The number of rotatable bonds is 4. The molecule has 0 fully saturated rings. The van der Waals surface area contributed by atoms with Gasteiger partial charge in [0.25, 0.3) is 0 Å². The Morgan fingerprint density at radius 2 is 2.12 bits per heavy atom. The molecular formula is C9H10ClFINO2S. The van der Waals surface area contributed by atoms with Crippen molar-refractivity contribution in [3.05, 3.63) is 26.5 Å². The van der Waals surface area contributed by atoms with Gasteiger partial charge in [-0.25, -0.2) is 12.8 Å². The molecule has 0 aliphatic heterocycles. The van der Waals surface area contributed by atoms with Gasteiger partial charge in [-0.3, -0.25) is 0 Å². The van der Waals surface area contributed by atoms with E-state index in [1.807, 2.05) is 22.6 Å². The van der Waals surface area contributed by atoms with Gasteiger partial charge in [-0.15, -0.1) is 0 Å². The molecule has 1 aromatic rings. The number of hydrogen-bond acceptors (Lipinski definition) is 3. The SMILES string of the molecule is CS(=O)(=O)CCNc1c(F)cc(Cl)cc1I. The monoisotopic (exact) mass is 377 g/mol. The van der Waals surface area contributed by atoms with Crippen molar-refractivity contribution in [2.45, 2.75) is 0 Å². The molecule has 0 aliphatic carbocycles. The molecule has 0 heterocycles. The number of sulfone groups is 1. The Morgan fingerprint density at radius 1 is 1.50 bits per heavy atom. The quantitative estimate of drug-likeness (QED) is 0.820. The van der Waals surface area contributed by atoms with Crippen LogP contribution in [-0.4, -0.2) is 27.0 Å². The van der Waals surface area contributed by atoms with Gasteiger partial charge in [0.1, 0.15) is 15.7 Å². The lowest BCUT2D eigenvalue weighted by molar-refractivity contribution is 0.601. The molecular weight excluding hydrogens is 368 g/mol. The lowest BCUT2D eigenvalue weighted by Crippen LogP contribution is -2.15. The molecule has 0 aliphatic rings. The number of benzene rings is 1. The van der Waals surface area contributed by atoms with E-state index in [1.165, 1.54) is 6.07 Å². The Bertz CT molecular complexity index is 469. The van der Waals surface area contributed by atoms with Crippen LogP contribution in [0.2, 0.25) is 5.02 Å². The van der Waals surface area contributed by atoms with Gasteiger partial charge in [0.2, 0.25) is 0 Å². The molecule has 0 bridgehead atoms. The second-order valence-corrected chi connectivity index (χ2v) is 7.16. The van der Waals surface area contributed by atoms with Crippen LogP contribution < -0.4 is 5.32 Å². The summed E-state index contributed by atoms with van der Waals surface area (Å²) in [6, 6.07) is 2.79. The van der Waals surface area contributed by atoms with Crippen molar-refractivity contribution in [3.63, 3.8) is 0 Å². The van der Waals surface area contributed by atoms with Crippen molar-refractivity contribution >= 4 is 49.7 Å². The molecule has 1 rings (SSSR count). The van der Waals surface area contributed by atoms with Crippen LogP contribution in [0, 0.1) is 9.39 Å². The zero-order chi connectivity index (χ0) is 12.3. The lowest BCUT2D eigenvalue weighted by Gasteiger charge is -2.09. The molecule has 0 radical (unpaired) electrons. The first-order chi connectivity index (χ1) is 7.29. The van der Waals surface area contributed by atoms with Crippen LogP contribution in [0.25, 0.3) is 0 Å². The summed E-state index contributed by atoms with van der Waals surface area (Å²) in [4.78, 5) is 0. The minimum absolute atomic E-state index is 0.0366. The van der Waals surface area contributed by atoms with Crippen LogP contribution in [0.5, 0.6) is 0 Å². The summed E-state index contributed by atoms with van der Waals surface area (Å²) in [6.07, 6.45) is 1.14. The topological polar surface area (TPSA) is 46.2 Å². The minimum atomic E-state index is -3.04. The maximum atomic E-state index is 13.4. The van der Waals surface area contributed by atoms with Gasteiger partial charge in [-0.2, -0.15) is 0 Å². The van der Waals surface area contributed by atoms with Gasteiger partial charge >= 0.3 is 0 Å². The van der Waals surface area contributed by atoms with Gasteiger partial charge < -0.3 is 5.32 Å². The van der Waals surface area contributed by atoms with Gasteiger partial charge in [0.15, 0.2) is 0 Å². The predicted octanol–water partition coefficient (Wildman–Crippen LogP) is 2.54. The summed E-state index contributed by atoms with van der Waals surface area (Å²) in [5.41, 5.74) is 0.286. The summed E-state index contributed by atoms with van der Waals surface area (Å²) in [7, 11) is -3.04. The molecule has 1 aromatic carbocycles. The predicted molar refractivity (Wildman–Crippen MR) is 72.3 cm³/mol. The Labute approximate surface area is 112 Å². The third kappa shape index (κ3) is 4.42. The second kappa shape index (κ2) is 5.50. The van der Waals surface area contributed by atoms with E-state index < -0.39 is 15.7 Å². The van der Waals surface area contributed by atoms with Gasteiger partial charge in [-0.05, 0) is 34.7 Å². The van der Waals surface area contributed by atoms with E-state index in [9.17, 15) is 12.8 Å². The van der Waals surface area contributed by atoms with E-state index in [0.717, 1.165) is 6.26 Å². The molecule has 90 valence electrons. The number of halogens is 3. The third-order valence-electron chi connectivity index (χ3n) is 1.78. The Balaban J connectivity index is 2.75. The molecule has 0 spiro atoms. The normalized spacial score (nSPS) is 11.5. The first-order valence-corrected chi connectivity index (χ1v) is 7.87. The minimum Gasteiger partial charge on any atom is -0.381 e. The maximum absolute atomic E-state index is 13.4. The maximum Gasteiger partial charge on any atom is 0.149 e. The van der Waals surface area contributed by atoms with E-state index in [-0.39, 0.29) is 18.0 Å². The molecule has 0 atom stereocenters. The highest BCUT2D eigenvalue weighted by Crippen LogP contribution is 2.25. The van der Waals surface area contributed by atoms with Crippen molar-refractivity contribution in [1.82, 2.24) is 0 Å². The van der Waals surface area contributed by atoms with Crippen LogP contribution in [0.4, 0.5) is 10.1 Å². The van der Waals surface area contributed by atoms with Crippen molar-refractivity contribution in [3.8, 4) is 0 Å². The van der Waals surface area contributed by atoms with Gasteiger partial charge in [-0.1, -0.05) is 11.6 Å². The van der Waals surface area contributed by atoms with Crippen LogP contribution in [-0.2, 0) is 9.84 Å². The Morgan fingerprint density at radius 3 is 2.62 bits per heavy atom. The largest absolute Gasteiger partial charge is 0.381 e. The molecule has 0 saturated carbocycles. The highest BCUT2D eigenvalue weighted by atomic mass is 127. The first kappa shape index (κ1) is 14.0. The molecule has 0 aromatic heterocycles. The van der Waals surface area contributed by atoms with Crippen LogP contribution in [0.3, 0.4) is 0 Å². The average Bonchev–Trinajstić information content (AvgIpc) is 2.07. The summed E-state index contributed by atoms with van der Waals surface area (Å²) < 4.78 is 35.8. The molecule has 16 heavy (non-hydrogen) atoms. The summed E-state index contributed by atoms with van der Waals surface area (Å²) >= 11 is 7.60. The lowest BCUT2D eigenvalue weighted by atomic mass is 10.3. The smallest absolute Gasteiger partial charge is 0.149 e. The van der Waals surface area contributed by atoms with Crippen LogP contribution in [0.15, 0.2) is 12.1 Å². The molecule has 3 nitrogen and oxygen atoms in total. The van der Waals surface area contributed by atoms with Gasteiger partial charge in [0.05, 0.1) is 11.4 Å². The Kier molecular flexibility index (Phi) is 4.81. The highest BCUT2D eigenvalue weighted by molar-refractivity contribution is 14.1. The molecule has 0 saturated heterocycles. The molecule has 0 unspecified atom stereocenters. The summed E-state index contributed by atoms with van der Waals surface area (Å²) in [6.45, 7) is 0.174. The Hall–Kier alpha value is -0.0800. The van der Waals surface area contributed by atoms with Gasteiger partial charge in [0, 0.05) is 21.4 Å². The fraction of sp³-hybridized carbons (Fsp3) is 0.333. The summed E-state index contributed by atoms with van der Waals surface area (Å²) in [5, 5.41) is 3.06. The molecule has 1 N–H and O–H groups in total. The van der Waals surface area contributed by atoms with Crippen molar-refractivity contribution in [1.29, 1.82) is 0 Å². The van der Waals surface area contributed by atoms with Crippen LogP contribution >= 0.6 is 34.2 Å². The van der Waals surface area contributed by atoms with E-state index in [4.69, 9.17) is 11.6 Å². The third-order valence-corrected chi connectivity index (χ3v) is 3.80. The number of hydrogen-bond donors (Lipinski definition) is 1. The van der Waals surface area contributed by atoms with Crippen molar-refractivity contribution in [2.75, 3.05) is 23.9 Å². The first-order valence-electron chi connectivity index (χ1n) is 4.36. The second-order valence-electron chi connectivity index (χ2n) is 3.30.